The van der Waals surface area contributed by atoms with Gasteiger partial charge in [0.25, 0.3) is 0 Å². The maximum absolute atomic E-state index is 12.2. The number of hydrogen-bond acceptors (Lipinski definition) is 5. The Bertz CT molecular complexity index is 872. The molecule has 0 aromatic heterocycles. The highest BCUT2D eigenvalue weighted by Crippen LogP contribution is 2.69. The summed E-state index contributed by atoms with van der Waals surface area (Å²) in [5.74, 6) is 1.52. The van der Waals surface area contributed by atoms with Gasteiger partial charge in [0.2, 0.25) is 0 Å². The first kappa shape index (κ1) is 21.4. The van der Waals surface area contributed by atoms with Crippen LogP contribution in [0.3, 0.4) is 0 Å². The number of fused-ring (bicyclic) bond motifs is 5. The van der Waals surface area contributed by atoms with E-state index in [0.29, 0.717) is 24.4 Å². The van der Waals surface area contributed by atoms with Gasteiger partial charge in [-0.15, -0.1) is 0 Å². The van der Waals surface area contributed by atoms with Crippen LogP contribution in [0.2, 0.25) is 0 Å². The fourth-order valence-electron chi connectivity index (χ4n) is 8.45. The molecule has 7 unspecified atom stereocenters. The van der Waals surface area contributed by atoms with E-state index in [4.69, 9.17) is 22.7 Å². The number of carbonyl (C=O) groups excluding carboxylic acids is 1. The van der Waals surface area contributed by atoms with Crippen LogP contribution in [0, 0.1) is 34.5 Å². The van der Waals surface area contributed by atoms with E-state index in [-0.39, 0.29) is 27.8 Å². The van der Waals surface area contributed by atoms with Crippen molar-refractivity contribution < 1.29 is 14.6 Å². The first-order chi connectivity index (χ1) is 14.7. The van der Waals surface area contributed by atoms with Crippen LogP contribution in [0.15, 0.2) is 16.8 Å². The molecule has 4 N–H and O–H groups in total. The van der Waals surface area contributed by atoms with E-state index in [1.807, 2.05) is 0 Å². The Kier molecular flexibility index (Phi) is 5.02. The third kappa shape index (κ3) is 3.10. The zero-order valence-corrected chi connectivity index (χ0v) is 19.5. The summed E-state index contributed by atoms with van der Waals surface area (Å²) in [6, 6.07) is 0. The highest BCUT2D eigenvalue weighted by Gasteiger charge is 2.67. The molecule has 0 spiro atoms. The molecule has 0 amide bonds. The summed E-state index contributed by atoms with van der Waals surface area (Å²) in [5.41, 5.74) is 10.0. The number of thiocarbonyl (C=S) groups is 1. The molecular formula is C24H35N3O3S. The zero-order valence-electron chi connectivity index (χ0n) is 18.7. The molecule has 170 valence electrons. The number of esters is 1. The molecule has 0 aromatic carbocycles. The van der Waals surface area contributed by atoms with Gasteiger partial charge in [0, 0.05) is 17.2 Å². The molecule has 1 heterocycles. The van der Waals surface area contributed by atoms with Gasteiger partial charge in [-0.25, -0.2) is 4.79 Å². The van der Waals surface area contributed by atoms with E-state index < -0.39 is 5.60 Å². The molecule has 4 aliphatic carbocycles. The maximum atomic E-state index is 12.2. The summed E-state index contributed by atoms with van der Waals surface area (Å²) in [6.45, 7) is 5.16. The van der Waals surface area contributed by atoms with Crippen LogP contribution in [0.25, 0.3) is 0 Å². The second-order valence-corrected chi connectivity index (χ2v) is 11.6. The highest BCUT2D eigenvalue weighted by molar-refractivity contribution is 7.80. The van der Waals surface area contributed by atoms with Crippen LogP contribution in [0.4, 0.5) is 0 Å². The maximum Gasteiger partial charge on any atom is 0.331 e. The number of hydrogen-bond donors (Lipinski definition) is 3. The van der Waals surface area contributed by atoms with Crippen molar-refractivity contribution in [3.8, 4) is 0 Å². The molecule has 6 nitrogen and oxygen atoms in total. The fourth-order valence-corrected chi connectivity index (χ4v) is 8.49. The second-order valence-electron chi connectivity index (χ2n) is 11.1. The number of nitrogens with one attached hydrogen (secondary N) is 1. The Morgan fingerprint density at radius 1 is 1.23 bits per heavy atom. The van der Waals surface area contributed by atoms with E-state index in [9.17, 15) is 9.90 Å². The standard InChI is InChI=1S/C24H35N3O3S/c1-22-8-5-16(26-27-21(25)31)12-15(22)3-4-19-18(22)6-9-23(2)17(7-10-24(19,23)29)14-11-20(28)30-13-14/h11,15,17-19,29H,3-10,12-13H2,1-2H3,(H3,25,27,31). The van der Waals surface area contributed by atoms with Crippen LogP contribution < -0.4 is 11.2 Å². The van der Waals surface area contributed by atoms with E-state index in [0.717, 1.165) is 63.4 Å². The lowest BCUT2D eigenvalue weighted by Crippen LogP contribution is -2.62. The predicted molar refractivity (Wildman–Crippen MR) is 123 cm³/mol. The summed E-state index contributed by atoms with van der Waals surface area (Å²) in [5, 5.41) is 16.9. The Labute approximate surface area is 190 Å². The van der Waals surface area contributed by atoms with Crippen LogP contribution in [-0.4, -0.2) is 34.1 Å². The van der Waals surface area contributed by atoms with E-state index in [1.165, 1.54) is 5.71 Å². The number of hydrazone groups is 1. The van der Waals surface area contributed by atoms with Crippen molar-refractivity contribution in [2.24, 2.45) is 45.3 Å². The molecule has 5 rings (SSSR count). The molecule has 0 saturated heterocycles. The predicted octanol–water partition coefficient (Wildman–Crippen LogP) is 3.43. The number of aliphatic hydroxyl groups is 1. The zero-order chi connectivity index (χ0) is 22.0. The van der Waals surface area contributed by atoms with Gasteiger partial charge in [-0.2, -0.15) is 5.10 Å². The SMILES string of the molecule is CC12CCC(=NNC(N)=S)CC1CCC1C2CCC2(C)C(C3=CC(=O)OC3)CCC12O. The smallest absolute Gasteiger partial charge is 0.331 e. The topological polar surface area (TPSA) is 96.9 Å². The molecule has 4 saturated carbocycles. The summed E-state index contributed by atoms with van der Waals surface area (Å²) in [4.78, 5) is 11.7. The number of carbonyl (C=O) groups is 1. The molecule has 5 aliphatic rings. The van der Waals surface area contributed by atoms with Gasteiger partial charge in [0.05, 0.1) is 5.60 Å². The monoisotopic (exact) mass is 445 g/mol. The molecular weight excluding hydrogens is 410 g/mol. The lowest BCUT2D eigenvalue weighted by atomic mass is 9.43. The van der Waals surface area contributed by atoms with Crippen LogP contribution in [-0.2, 0) is 9.53 Å². The molecule has 7 heteroatoms. The molecule has 31 heavy (non-hydrogen) atoms. The average molecular weight is 446 g/mol. The summed E-state index contributed by atoms with van der Waals surface area (Å²) in [6.07, 6.45) is 11.0. The Morgan fingerprint density at radius 3 is 2.74 bits per heavy atom. The van der Waals surface area contributed by atoms with Crippen molar-refractivity contribution in [3.63, 3.8) is 0 Å². The average Bonchev–Trinajstić information content (AvgIpc) is 3.26. The minimum Gasteiger partial charge on any atom is -0.458 e. The summed E-state index contributed by atoms with van der Waals surface area (Å²) >= 11 is 4.90. The summed E-state index contributed by atoms with van der Waals surface area (Å²) in [7, 11) is 0. The van der Waals surface area contributed by atoms with Crippen molar-refractivity contribution in [3.05, 3.63) is 11.6 Å². The molecule has 1 aliphatic heterocycles. The summed E-state index contributed by atoms with van der Waals surface area (Å²) < 4.78 is 5.23. The Hall–Kier alpha value is -1.47. The number of nitrogens with two attached hydrogens (primary N) is 1. The van der Waals surface area contributed by atoms with Crippen molar-refractivity contribution in [2.45, 2.75) is 77.2 Å². The Morgan fingerprint density at radius 2 is 2.03 bits per heavy atom. The van der Waals surface area contributed by atoms with Crippen molar-refractivity contribution in [2.75, 3.05) is 6.61 Å². The quantitative estimate of drug-likeness (QED) is 0.342. The van der Waals surface area contributed by atoms with Gasteiger partial charge in [0.15, 0.2) is 5.11 Å². The van der Waals surface area contributed by atoms with E-state index >= 15 is 0 Å². The largest absolute Gasteiger partial charge is 0.458 e. The van der Waals surface area contributed by atoms with E-state index in [2.05, 4.69) is 24.4 Å². The third-order valence-electron chi connectivity index (χ3n) is 10.1. The van der Waals surface area contributed by atoms with Crippen LogP contribution >= 0.6 is 12.2 Å². The van der Waals surface area contributed by atoms with Crippen LogP contribution in [0.5, 0.6) is 0 Å². The number of rotatable bonds is 2. The lowest BCUT2D eigenvalue weighted by molar-refractivity contribution is -0.200. The lowest BCUT2D eigenvalue weighted by Gasteiger charge is -2.63. The normalized spacial score (nSPS) is 47.8. The first-order valence-electron chi connectivity index (χ1n) is 11.9. The minimum atomic E-state index is -0.650. The number of nitrogens with zero attached hydrogens (tertiary/aromatic N) is 1. The van der Waals surface area contributed by atoms with Crippen LogP contribution in [0.1, 0.15) is 71.6 Å². The van der Waals surface area contributed by atoms with Gasteiger partial charge in [-0.1, -0.05) is 13.8 Å². The molecule has 7 atom stereocenters. The fraction of sp³-hybridized carbons (Fsp3) is 0.792. The van der Waals surface area contributed by atoms with Gasteiger partial charge >= 0.3 is 5.97 Å². The van der Waals surface area contributed by atoms with Crippen molar-refractivity contribution in [1.29, 1.82) is 0 Å². The minimum absolute atomic E-state index is 0.167. The first-order valence-corrected chi connectivity index (χ1v) is 12.3. The van der Waals surface area contributed by atoms with E-state index in [1.54, 1.807) is 6.08 Å². The van der Waals surface area contributed by atoms with Gasteiger partial charge < -0.3 is 15.6 Å². The van der Waals surface area contributed by atoms with Gasteiger partial charge in [-0.3, -0.25) is 5.43 Å². The van der Waals surface area contributed by atoms with Gasteiger partial charge in [-0.05, 0) is 105 Å². The highest BCUT2D eigenvalue weighted by atomic mass is 32.1. The molecule has 0 aromatic rings. The molecule has 4 fully saturated rings. The van der Waals surface area contributed by atoms with Crippen molar-refractivity contribution in [1.82, 2.24) is 5.43 Å². The number of cyclic esters (lactones) is 1. The third-order valence-corrected chi connectivity index (χ3v) is 10.2. The molecule has 0 radical (unpaired) electrons. The van der Waals surface area contributed by atoms with Crippen molar-refractivity contribution >= 4 is 29.0 Å². The molecule has 0 bridgehead atoms. The number of ether oxygens (including phenoxy) is 1. The second kappa shape index (κ2) is 7.27. The Balaban J connectivity index is 1.39. The van der Waals surface area contributed by atoms with Gasteiger partial charge in [0.1, 0.15) is 6.61 Å².